The first-order chi connectivity index (χ1) is 7.85. The quantitative estimate of drug-likeness (QED) is 0.596. The zero-order valence-electron chi connectivity index (χ0n) is 8.71. The molecule has 0 saturated heterocycles. The topological polar surface area (TPSA) is 43.2 Å². The van der Waals surface area contributed by atoms with Gasteiger partial charge in [-0.05, 0) is 24.4 Å². The molecular formula is C11H10N2O2S. The van der Waals surface area contributed by atoms with Gasteiger partial charge in [-0.3, -0.25) is 4.99 Å². The third-order valence-corrected chi connectivity index (χ3v) is 2.40. The fraction of sp³-hybridized carbons (Fsp3) is 0.273. The number of isothiocyanates is 1. The monoisotopic (exact) mass is 234 g/mol. The lowest BCUT2D eigenvalue weighted by atomic mass is 10.1. The third kappa shape index (κ3) is 2.10. The number of methoxy groups -OCH3 is 1. The Kier molecular flexibility index (Phi) is 3.29. The Morgan fingerprint density at radius 1 is 1.62 bits per heavy atom. The van der Waals surface area contributed by atoms with E-state index >= 15 is 0 Å². The largest absolute Gasteiger partial charge is 0.496 e. The van der Waals surface area contributed by atoms with Gasteiger partial charge in [0.25, 0.3) is 0 Å². The summed E-state index contributed by atoms with van der Waals surface area (Å²) in [6.45, 7) is 0.617. The van der Waals surface area contributed by atoms with Gasteiger partial charge >= 0.3 is 0 Å². The summed E-state index contributed by atoms with van der Waals surface area (Å²) in [4.78, 5) is 7.92. The maximum absolute atomic E-state index is 5.34. The average Bonchev–Trinajstić information content (AvgIpc) is 2.83. The molecule has 1 aliphatic rings. The lowest BCUT2D eigenvalue weighted by molar-refractivity contribution is 0.233. The molecule has 0 spiro atoms. The maximum atomic E-state index is 5.34. The van der Waals surface area contributed by atoms with E-state index in [9.17, 15) is 0 Å². The summed E-state index contributed by atoms with van der Waals surface area (Å²) in [6, 6.07) is 5.55. The number of thiocarbonyl (C=S) groups is 1. The minimum Gasteiger partial charge on any atom is -0.496 e. The van der Waals surface area contributed by atoms with Crippen molar-refractivity contribution in [2.24, 2.45) is 9.98 Å². The van der Waals surface area contributed by atoms with E-state index in [1.165, 1.54) is 6.40 Å². The van der Waals surface area contributed by atoms with Crippen LogP contribution in [0.1, 0.15) is 11.7 Å². The van der Waals surface area contributed by atoms with Crippen LogP contribution in [-0.2, 0) is 4.74 Å². The molecule has 1 aliphatic heterocycles. The van der Waals surface area contributed by atoms with Crippen molar-refractivity contribution in [2.45, 2.75) is 6.10 Å². The molecular weight excluding hydrogens is 224 g/mol. The Labute approximate surface area is 98.6 Å². The van der Waals surface area contributed by atoms with E-state index in [2.05, 4.69) is 27.4 Å². The fourth-order valence-corrected chi connectivity index (χ4v) is 1.66. The molecule has 1 aromatic rings. The van der Waals surface area contributed by atoms with Gasteiger partial charge in [-0.15, -0.1) is 0 Å². The average molecular weight is 234 g/mol. The molecule has 1 atom stereocenters. The molecule has 5 heteroatoms. The summed E-state index contributed by atoms with van der Waals surface area (Å²) < 4.78 is 10.6. The van der Waals surface area contributed by atoms with E-state index in [0.29, 0.717) is 6.54 Å². The number of hydrogen-bond acceptors (Lipinski definition) is 5. The highest BCUT2D eigenvalue weighted by molar-refractivity contribution is 7.78. The number of hydrogen-bond donors (Lipinski definition) is 0. The molecule has 0 saturated carbocycles. The Hall–Kier alpha value is -1.71. The number of nitrogens with zero attached hydrogens (tertiary/aromatic N) is 2. The standard InChI is InChI=1S/C11H10N2O2S/c1-14-10-4-8(13-7-16)2-3-9(10)11-5-12-6-15-11/h2-4,6,11H,5H2,1H3. The van der Waals surface area contributed by atoms with Crippen molar-refractivity contribution in [1.29, 1.82) is 0 Å². The van der Waals surface area contributed by atoms with Crippen LogP contribution in [0.2, 0.25) is 0 Å². The van der Waals surface area contributed by atoms with E-state index in [-0.39, 0.29) is 6.10 Å². The van der Waals surface area contributed by atoms with Gasteiger partial charge in [0.1, 0.15) is 11.9 Å². The zero-order valence-corrected chi connectivity index (χ0v) is 9.53. The lowest BCUT2D eigenvalue weighted by Crippen LogP contribution is -2.02. The van der Waals surface area contributed by atoms with Crippen molar-refractivity contribution in [3.8, 4) is 5.75 Å². The van der Waals surface area contributed by atoms with E-state index < -0.39 is 0 Å². The van der Waals surface area contributed by atoms with Crippen LogP contribution in [0.25, 0.3) is 0 Å². The van der Waals surface area contributed by atoms with Gasteiger partial charge in [0.05, 0.1) is 24.5 Å². The van der Waals surface area contributed by atoms with Crippen LogP contribution in [0.3, 0.4) is 0 Å². The molecule has 4 nitrogen and oxygen atoms in total. The summed E-state index contributed by atoms with van der Waals surface area (Å²) in [5.74, 6) is 0.724. The molecule has 1 unspecified atom stereocenters. The van der Waals surface area contributed by atoms with Gasteiger partial charge in [-0.25, -0.2) is 0 Å². The molecule has 0 aliphatic carbocycles. The summed E-state index contributed by atoms with van der Waals surface area (Å²) >= 11 is 4.55. The highest BCUT2D eigenvalue weighted by atomic mass is 32.1. The van der Waals surface area contributed by atoms with E-state index in [4.69, 9.17) is 9.47 Å². The van der Waals surface area contributed by atoms with Crippen molar-refractivity contribution < 1.29 is 9.47 Å². The normalized spacial score (nSPS) is 17.7. The van der Waals surface area contributed by atoms with Crippen LogP contribution in [0.15, 0.2) is 28.2 Å². The number of ether oxygens (including phenoxy) is 2. The van der Waals surface area contributed by atoms with Crippen LogP contribution < -0.4 is 4.74 Å². The van der Waals surface area contributed by atoms with Crippen LogP contribution in [0.4, 0.5) is 5.69 Å². The molecule has 0 aromatic heterocycles. The van der Waals surface area contributed by atoms with Gasteiger partial charge in [0.2, 0.25) is 0 Å². The molecule has 0 amide bonds. The number of aliphatic imine (C=N–C) groups is 2. The molecule has 0 N–H and O–H groups in total. The van der Waals surface area contributed by atoms with E-state index in [1.54, 1.807) is 13.2 Å². The van der Waals surface area contributed by atoms with Gasteiger partial charge in [-0.1, -0.05) is 0 Å². The van der Waals surface area contributed by atoms with Gasteiger partial charge in [-0.2, -0.15) is 4.99 Å². The molecule has 0 bridgehead atoms. The second-order valence-corrected chi connectivity index (χ2v) is 3.41. The molecule has 16 heavy (non-hydrogen) atoms. The number of rotatable bonds is 3. The molecule has 82 valence electrons. The summed E-state index contributed by atoms with van der Waals surface area (Å²) in [7, 11) is 1.61. The molecule has 1 heterocycles. The highest BCUT2D eigenvalue weighted by Gasteiger charge is 2.19. The Bertz CT molecular complexity index is 459. The predicted octanol–water partition coefficient (Wildman–Crippen LogP) is 2.53. The molecule has 0 fully saturated rings. The summed E-state index contributed by atoms with van der Waals surface area (Å²) in [5, 5.41) is 2.32. The van der Waals surface area contributed by atoms with Gasteiger partial charge in [0.15, 0.2) is 6.40 Å². The van der Waals surface area contributed by atoms with Crippen molar-refractivity contribution >= 4 is 29.5 Å². The second-order valence-electron chi connectivity index (χ2n) is 3.22. The minimum atomic E-state index is -0.0690. The van der Waals surface area contributed by atoms with Crippen LogP contribution >= 0.6 is 12.2 Å². The molecule has 2 rings (SSSR count). The van der Waals surface area contributed by atoms with Crippen LogP contribution in [-0.4, -0.2) is 25.2 Å². The lowest BCUT2D eigenvalue weighted by Gasteiger charge is -2.13. The summed E-state index contributed by atoms with van der Waals surface area (Å²) in [5.41, 5.74) is 1.68. The number of benzene rings is 1. The first-order valence-electron chi connectivity index (χ1n) is 4.74. The van der Waals surface area contributed by atoms with Gasteiger partial charge in [0, 0.05) is 11.6 Å². The SMILES string of the molecule is COc1cc(N=C=S)ccc1C1CN=CO1. The van der Waals surface area contributed by atoms with Crippen LogP contribution in [0.5, 0.6) is 5.75 Å². The van der Waals surface area contributed by atoms with E-state index in [1.807, 2.05) is 12.1 Å². The molecule has 0 radical (unpaired) electrons. The predicted molar refractivity (Wildman–Crippen MR) is 64.9 cm³/mol. The van der Waals surface area contributed by atoms with Crippen molar-refractivity contribution in [3.05, 3.63) is 23.8 Å². The Morgan fingerprint density at radius 2 is 2.50 bits per heavy atom. The first-order valence-corrected chi connectivity index (χ1v) is 5.15. The first kappa shape index (κ1) is 10.8. The Balaban J connectivity index is 2.34. The van der Waals surface area contributed by atoms with Gasteiger partial charge < -0.3 is 9.47 Å². The Morgan fingerprint density at radius 3 is 3.12 bits per heavy atom. The smallest absolute Gasteiger partial charge is 0.170 e. The fourth-order valence-electron chi connectivity index (χ4n) is 1.56. The van der Waals surface area contributed by atoms with Crippen molar-refractivity contribution in [3.63, 3.8) is 0 Å². The van der Waals surface area contributed by atoms with Crippen LogP contribution in [0, 0.1) is 0 Å². The van der Waals surface area contributed by atoms with E-state index in [0.717, 1.165) is 17.0 Å². The second kappa shape index (κ2) is 4.88. The highest BCUT2D eigenvalue weighted by Crippen LogP contribution is 2.32. The van der Waals surface area contributed by atoms with Crippen molar-refractivity contribution in [1.82, 2.24) is 0 Å². The minimum absolute atomic E-state index is 0.0690. The third-order valence-electron chi connectivity index (χ3n) is 2.31. The molecule has 1 aromatic carbocycles. The maximum Gasteiger partial charge on any atom is 0.170 e. The summed E-state index contributed by atoms with van der Waals surface area (Å²) in [6.07, 6.45) is 1.40. The zero-order chi connectivity index (χ0) is 11.4. The van der Waals surface area contributed by atoms with Crippen molar-refractivity contribution in [2.75, 3.05) is 13.7 Å².